The van der Waals surface area contributed by atoms with E-state index in [4.69, 9.17) is 9.15 Å². The van der Waals surface area contributed by atoms with Gasteiger partial charge in [0.25, 0.3) is 17.7 Å². The molecule has 1 N–H and O–H groups in total. The van der Waals surface area contributed by atoms with Gasteiger partial charge in [-0.2, -0.15) is 0 Å². The number of hydrogen-bond acceptors (Lipinski definition) is 7. The van der Waals surface area contributed by atoms with Gasteiger partial charge in [0, 0.05) is 19.4 Å². The van der Waals surface area contributed by atoms with Crippen molar-refractivity contribution in [1.82, 2.24) is 10.2 Å². The number of para-hydroxylation sites is 1. The molecule has 3 heterocycles. The van der Waals surface area contributed by atoms with Crippen LogP contribution >= 0.6 is 0 Å². The molecule has 1 aromatic heterocycles. The van der Waals surface area contributed by atoms with Gasteiger partial charge < -0.3 is 14.1 Å². The lowest BCUT2D eigenvalue weighted by atomic mass is 9.95. The fraction of sp³-hybridized carbons (Fsp3) is 0.348. The zero-order valence-electron chi connectivity index (χ0n) is 18.2. The lowest BCUT2D eigenvalue weighted by molar-refractivity contribution is -0.160. The van der Waals surface area contributed by atoms with Crippen LogP contribution in [0.3, 0.4) is 0 Å². The molecule has 4 amide bonds. The molecule has 1 fully saturated rings. The van der Waals surface area contributed by atoms with E-state index in [1.165, 1.54) is 28.2 Å². The van der Waals surface area contributed by atoms with Crippen LogP contribution in [-0.4, -0.2) is 53.3 Å². The predicted octanol–water partition coefficient (Wildman–Crippen LogP) is 1.71. The fourth-order valence-corrected chi connectivity index (χ4v) is 4.24. The summed E-state index contributed by atoms with van der Waals surface area (Å²) in [6.45, 7) is 3.22. The van der Waals surface area contributed by atoms with E-state index >= 15 is 0 Å². The van der Waals surface area contributed by atoms with Crippen LogP contribution in [0.25, 0.3) is 0 Å². The number of fused-ring (bicyclic) bond motifs is 3. The van der Waals surface area contributed by atoms with Gasteiger partial charge in [-0.3, -0.25) is 29.4 Å². The van der Waals surface area contributed by atoms with Crippen LogP contribution in [0, 0.1) is 5.92 Å². The smallest absolute Gasteiger partial charge is 0.354 e. The van der Waals surface area contributed by atoms with Crippen molar-refractivity contribution in [3.05, 3.63) is 54.0 Å². The first-order valence-corrected chi connectivity index (χ1v) is 10.5. The average Bonchev–Trinajstić information content (AvgIpc) is 3.44. The van der Waals surface area contributed by atoms with Crippen molar-refractivity contribution in [2.75, 3.05) is 18.1 Å². The van der Waals surface area contributed by atoms with Crippen LogP contribution in [0.15, 0.2) is 47.1 Å². The minimum absolute atomic E-state index is 0.00402. The number of esters is 1. The Bertz CT molecular complexity index is 1120. The highest BCUT2D eigenvalue weighted by atomic mass is 16.5. The Morgan fingerprint density at radius 2 is 1.91 bits per heavy atom. The fourth-order valence-electron chi connectivity index (χ4n) is 4.24. The van der Waals surface area contributed by atoms with Crippen molar-refractivity contribution in [2.45, 2.75) is 32.4 Å². The maximum atomic E-state index is 13.4. The number of benzene rings is 1. The minimum Gasteiger partial charge on any atom is -0.459 e. The average molecular weight is 453 g/mol. The van der Waals surface area contributed by atoms with Crippen molar-refractivity contribution < 1.29 is 33.1 Å². The zero-order chi connectivity index (χ0) is 23.8. The Balaban J connectivity index is 1.61. The maximum absolute atomic E-state index is 13.4. The van der Waals surface area contributed by atoms with Gasteiger partial charge in [0.2, 0.25) is 11.6 Å². The molecule has 2 aliphatic rings. The molecule has 1 aromatic carbocycles. The lowest BCUT2D eigenvalue weighted by Gasteiger charge is -2.48. The number of nitrogens with one attached hydrogen (secondary N) is 1. The summed E-state index contributed by atoms with van der Waals surface area (Å²) in [6, 6.07) is 9.46. The van der Waals surface area contributed by atoms with Crippen LogP contribution < -0.4 is 10.2 Å². The van der Waals surface area contributed by atoms with Crippen molar-refractivity contribution >= 4 is 35.3 Å². The standard InChI is InChI=1S/C23H23N3O7/c1-14(2)12-25-21(30)15-6-3-4-7-16(15)26-19(28)9-10-23(25,26)22(31)33-13-18(27)24-20(29)17-8-5-11-32-17/h3-8,11,14H,9-10,12-13H2,1-2H3,(H,24,27,29). The Morgan fingerprint density at radius 3 is 2.61 bits per heavy atom. The van der Waals surface area contributed by atoms with Crippen molar-refractivity contribution in [1.29, 1.82) is 0 Å². The second-order valence-corrected chi connectivity index (χ2v) is 8.30. The summed E-state index contributed by atoms with van der Waals surface area (Å²) in [5.41, 5.74) is -1.05. The number of hydrogen-bond donors (Lipinski definition) is 1. The van der Waals surface area contributed by atoms with Gasteiger partial charge in [0.15, 0.2) is 12.4 Å². The molecule has 4 rings (SSSR count). The first-order valence-electron chi connectivity index (χ1n) is 10.5. The molecule has 1 unspecified atom stereocenters. The quantitative estimate of drug-likeness (QED) is 0.660. The molecule has 172 valence electrons. The van der Waals surface area contributed by atoms with Crippen molar-refractivity contribution in [3.8, 4) is 0 Å². The third-order valence-electron chi connectivity index (χ3n) is 5.58. The minimum atomic E-state index is -1.70. The first kappa shape index (κ1) is 22.3. The number of amides is 4. The number of anilines is 1. The molecule has 0 radical (unpaired) electrons. The van der Waals surface area contributed by atoms with Crippen LogP contribution in [0.2, 0.25) is 0 Å². The highest BCUT2D eigenvalue weighted by Crippen LogP contribution is 2.45. The van der Waals surface area contributed by atoms with Crippen LogP contribution in [0.5, 0.6) is 0 Å². The van der Waals surface area contributed by atoms with E-state index in [0.717, 1.165) is 0 Å². The molecule has 0 saturated carbocycles. The second kappa shape index (κ2) is 8.53. The van der Waals surface area contributed by atoms with E-state index in [1.807, 2.05) is 13.8 Å². The predicted molar refractivity (Wildman–Crippen MR) is 114 cm³/mol. The Morgan fingerprint density at radius 1 is 1.15 bits per heavy atom. The van der Waals surface area contributed by atoms with Gasteiger partial charge in [-0.15, -0.1) is 0 Å². The van der Waals surface area contributed by atoms with E-state index in [0.29, 0.717) is 11.3 Å². The van der Waals surface area contributed by atoms with Gasteiger partial charge >= 0.3 is 5.97 Å². The Labute approximate surface area is 189 Å². The number of imide groups is 1. The molecule has 10 nitrogen and oxygen atoms in total. The highest BCUT2D eigenvalue weighted by Gasteiger charge is 2.62. The summed E-state index contributed by atoms with van der Waals surface area (Å²) < 4.78 is 10.2. The zero-order valence-corrected chi connectivity index (χ0v) is 18.2. The van der Waals surface area contributed by atoms with E-state index in [2.05, 4.69) is 5.32 Å². The molecule has 10 heteroatoms. The molecule has 1 saturated heterocycles. The molecule has 1 atom stereocenters. The van der Waals surface area contributed by atoms with E-state index in [1.54, 1.807) is 24.3 Å². The SMILES string of the molecule is CC(C)CN1C(=O)c2ccccc2N2C(=O)CCC12C(=O)OCC(=O)NC(=O)c1ccco1. The van der Waals surface area contributed by atoms with Crippen molar-refractivity contribution in [3.63, 3.8) is 0 Å². The number of furan rings is 1. The Hall–Kier alpha value is -3.95. The summed E-state index contributed by atoms with van der Waals surface area (Å²) in [7, 11) is 0. The molecular formula is C23H23N3O7. The summed E-state index contributed by atoms with van der Waals surface area (Å²) >= 11 is 0. The lowest BCUT2D eigenvalue weighted by Crippen LogP contribution is -2.69. The number of rotatable bonds is 6. The van der Waals surface area contributed by atoms with E-state index < -0.39 is 30.1 Å². The van der Waals surface area contributed by atoms with Gasteiger partial charge in [0.1, 0.15) is 0 Å². The summed E-state index contributed by atoms with van der Waals surface area (Å²) in [4.78, 5) is 66.5. The molecule has 33 heavy (non-hydrogen) atoms. The monoisotopic (exact) mass is 453 g/mol. The van der Waals surface area contributed by atoms with E-state index in [-0.39, 0.29) is 42.9 Å². The van der Waals surface area contributed by atoms with Crippen molar-refractivity contribution in [2.24, 2.45) is 5.92 Å². The normalized spacial score (nSPS) is 19.4. The largest absolute Gasteiger partial charge is 0.459 e. The number of nitrogens with zero attached hydrogens (tertiary/aromatic N) is 2. The molecule has 2 aromatic rings. The number of carbonyl (C=O) groups is 5. The first-order chi connectivity index (χ1) is 15.8. The van der Waals surface area contributed by atoms with E-state index in [9.17, 15) is 24.0 Å². The molecular weight excluding hydrogens is 430 g/mol. The molecule has 2 aliphatic heterocycles. The summed E-state index contributed by atoms with van der Waals surface area (Å²) in [6.07, 6.45) is 1.35. The molecule has 0 bridgehead atoms. The molecule has 0 aliphatic carbocycles. The highest BCUT2D eigenvalue weighted by molar-refractivity contribution is 6.15. The molecule has 0 spiro atoms. The topological polar surface area (TPSA) is 126 Å². The van der Waals surface area contributed by atoms with Gasteiger partial charge in [-0.25, -0.2) is 4.79 Å². The van der Waals surface area contributed by atoms with Gasteiger partial charge in [0.05, 0.1) is 17.5 Å². The summed E-state index contributed by atoms with van der Waals surface area (Å²) in [5, 5.41) is 2.06. The van der Waals surface area contributed by atoms with Crippen LogP contribution in [0.4, 0.5) is 5.69 Å². The number of carbonyl (C=O) groups excluding carboxylic acids is 5. The van der Waals surface area contributed by atoms with Crippen LogP contribution in [-0.2, 0) is 19.1 Å². The second-order valence-electron chi connectivity index (χ2n) is 8.30. The van der Waals surface area contributed by atoms with Gasteiger partial charge in [-0.1, -0.05) is 26.0 Å². The van der Waals surface area contributed by atoms with Gasteiger partial charge in [-0.05, 0) is 30.2 Å². The Kier molecular flexibility index (Phi) is 5.75. The third-order valence-corrected chi connectivity index (χ3v) is 5.58. The third kappa shape index (κ3) is 3.77. The van der Waals surface area contributed by atoms with Crippen LogP contribution in [0.1, 0.15) is 47.6 Å². The summed E-state index contributed by atoms with van der Waals surface area (Å²) in [5.74, 6) is -3.33. The maximum Gasteiger partial charge on any atom is 0.354 e. The number of ether oxygens (including phenoxy) is 1.